The van der Waals surface area contributed by atoms with E-state index in [2.05, 4.69) is 10.3 Å². The number of hydrogen-bond acceptors (Lipinski definition) is 5. The second kappa shape index (κ2) is 7.48. The van der Waals surface area contributed by atoms with Gasteiger partial charge < -0.3 is 9.73 Å². The van der Waals surface area contributed by atoms with Gasteiger partial charge in [0.2, 0.25) is 26.6 Å². The maximum Gasteiger partial charge on any atom is 0.234 e. The number of sulfone groups is 1. The topological polar surface area (TPSA) is 72.2 Å². The zero-order valence-electron chi connectivity index (χ0n) is 14.7. The molecule has 0 saturated heterocycles. The predicted octanol–water partition coefficient (Wildman–Crippen LogP) is 4.66. The third kappa shape index (κ3) is 4.00. The Morgan fingerprint density at radius 3 is 2.15 bits per heavy atom. The van der Waals surface area contributed by atoms with E-state index in [1.54, 1.807) is 0 Å². The standard InChI is InChI=1S/C19H18F2N2O3S/c1-3-12(2)22-18-19(27(24,25)16-10-8-15(21)9-11-16)23-17(26-18)13-4-6-14(20)7-5-13/h4-12,22H,3H2,1-2H3. The van der Waals surface area contributed by atoms with Crippen molar-refractivity contribution < 1.29 is 21.6 Å². The number of nitrogens with one attached hydrogen (secondary N) is 1. The van der Waals surface area contributed by atoms with Gasteiger partial charge in [-0.15, -0.1) is 0 Å². The van der Waals surface area contributed by atoms with Crippen molar-refractivity contribution in [1.82, 2.24) is 4.98 Å². The molecule has 0 radical (unpaired) electrons. The van der Waals surface area contributed by atoms with E-state index in [0.29, 0.717) is 5.56 Å². The van der Waals surface area contributed by atoms with Gasteiger partial charge >= 0.3 is 0 Å². The monoisotopic (exact) mass is 392 g/mol. The van der Waals surface area contributed by atoms with Gasteiger partial charge in [-0.1, -0.05) is 6.92 Å². The summed E-state index contributed by atoms with van der Waals surface area (Å²) in [5.74, 6) is -0.934. The lowest BCUT2D eigenvalue weighted by Gasteiger charge is -2.11. The Balaban J connectivity index is 2.11. The highest BCUT2D eigenvalue weighted by atomic mass is 32.2. The zero-order valence-corrected chi connectivity index (χ0v) is 15.6. The molecule has 5 nitrogen and oxygen atoms in total. The minimum Gasteiger partial charge on any atom is -0.419 e. The quantitative estimate of drug-likeness (QED) is 0.618. The minimum atomic E-state index is -4.04. The molecule has 0 fully saturated rings. The SMILES string of the molecule is CCC(C)Nc1oc(-c2ccc(F)cc2)nc1S(=O)(=O)c1ccc(F)cc1. The van der Waals surface area contributed by atoms with Crippen molar-refractivity contribution in [3.05, 3.63) is 60.2 Å². The average molecular weight is 392 g/mol. The number of aromatic nitrogens is 1. The maximum atomic E-state index is 13.2. The molecular weight excluding hydrogens is 374 g/mol. The van der Waals surface area contributed by atoms with Crippen LogP contribution in [0.1, 0.15) is 20.3 Å². The number of anilines is 1. The fourth-order valence-corrected chi connectivity index (χ4v) is 3.61. The third-order valence-corrected chi connectivity index (χ3v) is 5.73. The van der Waals surface area contributed by atoms with Gasteiger partial charge in [-0.05, 0) is 61.9 Å². The van der Waals surface area contributed by atoms with E-state index in [9.17, 15) is 17.2 Å². The number of oxazole rings is 1. The fraction of sp³-hybridized carbons (Fsp3) is 0.211. The number of nitrogens with zero attached hydrogens (tertiary/aromatic N) is 1. The third-order valence-electron chi connectivity index (χ3n) is 4.06. The summed E-state index contributed by atoms with van der Waals surface area (Å²) < 4.78 is 57.9. The molecule has 1 atom stereocenters. The van der Waals surface area contributed by atoms with Crippen LogP contribution in [0, 0.1) is 11.6 Å². The first kappa shape index (κ1) is 19.0. The molecule has 0 saturated carbocycles. The molecule has 0 aliphatic heterocycles. The van der Waals surface area contributed by atoms with Crippen molar-refractivity contribution in [3.63, 3.8) is 0 Å². The largest absolute Gasteiger partial charge is 0.419 e. The van der Waals surface area contributed by atoms with Crippen LogP contribution < -0.4 is 5.32 Å². The van der Waals surface area contributed by atoms with Gasteiger partial charge in [-0.3, -0.25) is 0 Å². The zero-order chi connectivity index (χ0) is 19.6. The molecule has 0 spiro atoms. The molecule has 142 valence electrons. The van der Waals surface area contributed by atoms with Gasteiger partial charge in [-0.2, -0.15) is 4.98 Å². The molecule has 1 N–H and O–H groups in total. The van der Waals surface area contributed by atoms with Gasteiger partial charge in [0.25, 0.3) is 0 Å². The van der Waals surface area contributed by atoms with Crippen molar-refractivity contribution in [1.29, 1.82) is 0 Å². The van der Waals surface area contributed by atoms with Crippen LogP contribution in [0.3, 0.4) is 0 Å². The van der Waals surface area contributed by atoms with Crippen LogP contribution in [-0.2, 0) is 9.84 Å². The van der Waals surface area contributed by atoms with Crippen molar-refractivity contribution in [2.75, 3.05) is 5.32 Å². The first-order valence-electron chi connectivity index (χ1n) is 8.35. The number of halogens is 2. The van der Waals surface area contributed by atoms with E-state index in [-0.39, 0.29) is 27.7 Å². The summed E-state index contributed by atoms with van der Waals surface area (Å²) in [6, 6.07) is 9.76. The summed E-state index contributed by atoms with van der Waals surface area (Å²) in [4.78, 5) is 4.03. The first-order valence-corrected chi connectivity index (χ1v) is 9.83. The summed E-state index contributed by atoms with van der Waals surface area (Å²) in [7, 11) is -4.04. The van der Waals surface area contributed by atoms with Crippen molar-refractivity contribution in [2.45, 2.75) is 36.2 Å². The lowest BCUT2D eigenvalue weighted by Crippen LogP contribution is -2.15. The number of benzene rings is 2. The molecule has 0 aliphatic carbocycles. The summed E-state index contributed by atoms with van der Waals surface area (Å²) in [5.41, 5.74) is 0.434. The predicted molar refractivity (Wildman–Crippen MR) is 97.1 cm³/mol. The minimum absolute atomic E-state index is 0.00648. The second-order valence-corrected chi connectivity index (χ2v) is 7.94. The van der Waals surface area contributed by atoms with Crippen LogP contribution in [0.25, 0.3) is 11.5 Å². The smallest absolute Gasteiger partial charge is 0.234 e. The molecular formula is C19H18F2N2O3S. The second-order valence-electron chi connectivity index (χ2n) is 6.07. The van der Waals surface area contributed by atoms with Crippen molar-refractivity contribution >= 4 is 15.7 Å². The molecule has 8 heteroatoms. The average Bonchev–Trinajstić information content (AvgIpc) is 3.07. The van der Waals surface area contributed by atoms with Gasteiger partial charge in [0.1, 0.15) is 11.6 Å². The molecule has 1 heterocycles. The van der Waals surface area contributed by atoms with Crippen LogP contribution in [-0.4, -0.2) is 19.4 Å². The Labute approximate surface area is 156 Å². The van der Waals surface area contributed by atoms with Crippen LogP contribution in [0.4, 0.5) is 14.7 Å². The Bertz CT molecular complexity index is 1030. The van der Waals surface area contributed by atoms with Crippen LogP contribution in [0.2, 0.25) is 0 Å². The van der Waals surface area contributed by atoms with Crippen molar-refractivity contribution in [3.8, 4) is 11.5 Å². The van der Waals surface area contributed by atoms with Crippen molar-refractivity contribution in [2.24, 2.45) is 0 Å². The van der Waals surface area contributed by atoms with Crippen LogP contribution >= 0.6 is 0 Å². The fourth-order valence-electron chi connectivity index (χ4n) is 2.35. The molecule has 0 bridgehead atoms. The summed E-state index contributed by atoms with van der Waals surface area (Å²) in [5, 5.41) is 2.69. The Hall–Kier alpha value is -2.74. The molecule has 2 aromatic carbocycles. The van der Waals surface area contributed by atoms with E-state index >= 15 is 0 Å². The van der Waals surface area contributed by atoms with Gasteiger partial charge in [0.05, 0.1) is 4.90 Å². The van der Waals surface area contributed by atoms with Gasteiger partial charge in [0.15, 0.2) is 0 Å². The van der Waals surface area contributed by atoms with Crippen LogP contribution in [0.5, 0.6) is 0 Å². The van der Waals surface area contributed by atoms with Gasteiger partial charge in [-0.25, -0.2) is 17.2 Å². The Kier molecular flexibility index (Phi) is 5.27. The molecule has 27 heavy (non-hydrogen) atoms. The Morgan fingerprint density at radius 1 is 1.04 bits per heavy atom. The highest BCUT2D eigenvalue weighted by Gasteiger charge is 2.29. The summed E-state index contributed by atoms with van der Waals surface area (Å²) >= 11 is 0. The molecule has 1 aromatic heterocycles. The molecule has 3 aromatic rings. The maximum absolute atomic E-state index is 13.2. The normalized spacial score (nSPS) is 12.7. The van der Waals surface area contributed by atoms with E-state index in [1.807, 2.05) is 13.8 Å². The summed E-state index contributed by atoms with van der Waals surface area (Å²) in [6.07, 6.45) is 0.725. The lowest BCUT2D eigenvalue weighted by atomic mass is 10.2. The Morgan fingerprint density at radius 2 is 1.59 bits per heavy atom. The van der Waals surface area contributed by atoms with Crippen LogP contribution in [0.15, 0.2) is 62.9 Å². The molecule has 0 amide bonds. The molecule has 3 rings (SSSR count). The lowest BCUT2D eigenvalue weighted by molar-refractivity contribution is 0.565. The van der Waals surface area contributed by atoms with E-state index in [0.717, 1.165) is 18.6 Å². The number of rotatable bonds is 6. The van der Waals surface area contributed by atoms with E-state index < -0.39 is 21.5 Å². The van der Waals surface area contributed by atoms with E-state index in [4.69, 9.17) is 4.42 Å². The molecule has 1 unspecified atom stereocenters. The summed E-state index contributed by atoms with van der Waals surface area (Å²) in [6.45, 7) is 3.80. The van der Waals surface area contributed by atoms with Gasteiger partial charge in [0, 0.05) is 11.6 Å². The highest BCUT2D eigenvalue weighted by molar-refractivity contribution is 7.91. The highest BCUT2D eigenvalue weighted by Crippen LogP contribution is 2.33. The number of hydrogen-bond donors (Lipinski definition) is 1. The first-order chi connectivity index (χ1) is 12.8. The molecule has 0 aliphatic rings. The van der Waals surface area contributed by atoms with E-state index in [1.165, 1.54) is 36.4 Å².